The summed E-state index contributed by atoms with van der Waals surface area (Å²) < 4.78 is 0. The quantitative estimate of drug-likeness (QED) is 0.268. The van der Waals surface area contributed by atoms with Gasteiger partial charge in [-0.15, -0.1) is 0 Å². The monoisotopic (exact) mass is 424 g/mol. The fourth-order valence-electron chi connectivity index (χ4n) is 5.83. The SMILES string of the molecule is CCCCCCC[C@H]1CC[C@H](c2ccc(CC(=O)C3CCC(CC)CC3=O)cc2)CC1. The van der Waals surface area contributed by atoms with Crippen molar-refractivity contribution in [2.24, 2.45) is 17.8 Å². The van der Waals surface area contributed by atoms with E-state index < -0.39 is 0 Å². The Morgan fingerprint density at radius 1 is 0.839 bits per heavy atom. The van der Waals surface area contributed by atoms with E-state index in [-0.39, 0.29) is 17.5 Å². The first-order chi connectivity index (χ1) is 15.1. The molecule has 0 amide bonds. The Bertz CT molecular complexity index is 681. The van der Waals surface area contributed by atoms with Crippen LogP contribution in [0.1, 0.15) is 121 Å². The summed E-state index contributed by atoms with van der Waals surface area (Å²) in [6.45, 7) is 4.42. The molecule has 2 fully saturated rings. The van der Waals surface area contributed by atoms with Crippen LogP contribution in [0.25, 0.3) is 0 Å². The van der Waals surface area contributed by atoms with Crippen LogP contribution in [-0.4, -0.2) is 11.6 Å². The Balaban J connectivity index is 1.41. The van der Waals surface area contributed by atoms with E-state index in [1.54, 1.807) is 0 Å². The summed E-state index contributed by atoms with van der Waals surface area (Å²) in [7, 11) is 0. The molecule has 0 aliphatic heterocycles. The van der Waals surface area contributed by atoms with Crippen LogP contribution in [0.4, 0.5) is 0 Å². The zero-order valence-electron chi connectivity index (χ0n) is 20.0. The van der Waals surface area contributed by atoms with E-state index in [4.69, 9.17) is 0 Å². The van der Waals surface area contributed by atoms with Gasteiger partial charge in [0, 0.05) is 12.8 Å². The van der Waals surface area contributed by atoms with Crippen molar-refractivity contribution >= 4 is 11.6 Å². The molecule has 3 rings (SSSR count). The molecule has 31 heavy (non-hydrogen) atoms. The number of Topliss-reactive ketones (excluding diaryl/α,β-unsaturated/α-hetero) is 2. The molecule has 0 saturated heterocycles. The molecule has 2 aliphatic carbocycles. The van der Waals surface area contributed by atoms with Crippen LogP contribution >= 0.6 is 0 Å². The van der Waals surface area contributed by atoms with Crippen molar-refractivity contribution in [3.63, 3.8) is 0 Å². The minimum atomic E-state index is -0.347. The van der Waals surface area contributed by atoms with Gasteiger partial charge in [0.1, 0.15) is 11.6 Å². The van der Waals surface area contributed by atoms with Gasteiger partial charge in [0.15, 0.2) is 0 Å². The van der Waals surface area contributed by atoms with Gasteiger partial charge in [-0.2, -0.15) is 0 Å². The molecule has 2 heteroatoms. The average molecular weight is 425 g/mol. The number of carbonyl (C=O) groups excluding carboxylic acids is 2. The smallest absolute Gasteiger partial charge is 0.147 e. The fraction of sp³-hybridized carbons (Fsp3) is 0.724. The number of hydrogen-bond donors (Lipinski definition) is 0. The first-order valence-corrected chi connectivity index (χ1v) is 13.2. The van der Waals surface area contributed by atoms with Crippen molar-refractivity contribution in [1.29, 1.82) is 0 Å². The maximum absolute atomic E-state index is 12.7. The van der Waals surface area contributed by atoms with Crippen molar-refractivity contribution in [2.45, 2.75) is 116 Å². The fourth-order valence-corrected chi connectivity index (χ4v) is 5.83. The van der Waals surface area contributed by atoms with Crippen molar-refractivity contribution in [3.8, 4) is 0 Å². The number of unbranched alkanes of at least 4 members (excludes halogenated alkanes) is 4. The predicted molar refractivity (Wildman–Crippen MR) is 129 cm³/mol. The molecular weight excluding hydrogens is 380 g/mol. The summed E-state index contributed by atoms with van der Waals surface area (Å²) in [4.78, 5) is 25.1. The molecule has 0 aromatic heterocycles. The molecule has 2 nitrogen and oxygen atoms in total. The molecule has 1 aromatic carbocycles. The summed E-state index contributed by atoms with van der Waals surface area (Å²) in [5.74, 6) is 2.09. The van der Waals surface area contributed by atoms with Gasteiger partial charge in [-0.3, -0.25) is 9.59 Å². The highest BCUT2D eigenvalue weighted by Gasteiger charge is 2.32. The highest BCUT2D eigenvalue weighted by atomic mass is 16.1. The molecule has 1 aromatic rings. The summed E-state index contributed by atoms with van der Waals surface area (Å²) in [5.41, 5.74) is 2.51. The number of ketones is 2. The predicted octanol–water partition coefficient (Wildman–Crippen LogP) is 7.83. The van der Waals surface area contributed by atoms with Crippen molar-refractivity contribution < 1.29 is 9.59 Å². The van der Waals surface area contributed by atoms with Gasteiger partial charge in [0.05, 0.1) is 5.92 Å². The van der Waals surface area contributed by atoms with Crippen LogP contribution in [0.3, 0.4) is 0 Å². The van der Waals surface area contributed by atoms with Crippen LogP contribution in [0.15, 0.2) is 24.3 Å². The van der Waals surface area contributed by atoms with E-state index in [0.717, 1.165) is 30.7 Å². The lowest BCUT2D eigenvalue weighted by Crippen LogP contribution is -2.31. The maximum atomic E-state index is 12.7. The largest absolute Gasteiger partial charge is 0.299 e. The number of rotatable bonds is 11. The molecule has 0 N–H and O–H groups in total. The second-order valence-corrected chi connectivity index (χ2v) is 10.4. The topological polar surface area (TPSA) is 34.1 Å². The number of hydrogen-bond acceptors (Lipinski definition) is 2. The second-order valence-electron chi connectivity index (χ2n) is 10.4. The summed E-state index contributed by atoms with van der Waals surface area (Å²) in [6.07, 6.45) is 17.6. The highest BCUT2D eigenvalue weighted by Crippen LogP contribution is 2.38. The maximum Gasteiger partial charge on any atom is 0.147 e. The minimum absolute atomic E-state index is 0.131. The second kappa shape index (κ2) is 12.6. The molecule has 0 spiro atoms. The lowest BCUT2D eigenvalue weighted by atomic mass is 9.76. The van der Waals surface area contributed by atoms with Gasteiger partial charge in [-0.05, 0) is 67.4 Å². The van der Waals surface area contributed by atoms with Crippen molar-refractivity contribution in [1.82, 2.24) is 0 Å². The van der Waals surface area contributed by atoms with Crippen LogP contribution in [0, 0.1) is 17.8 Å². The lowest BCUT2D eigenvalue weighted by Gasteiger charge is -2.29. The standard InChI is InChI=1S/C29H44O2/c1-3-5-6-7-8-9-23-10-15-25(16-11-23)26-17-12-24(13-18-26)21-29(31)27-19-14-22(4-2)20-28(27)30/h12-13,17-18,22-23,25,27H,3-11,14-16,19-21H2,1-2H3/t22?,23-,25-,27?. The van der Waals surface area contributed by atoms with E-state index in [9.17, 15) is 9.59 Å². The third kappa shape index (κ3) is 7.29. The Labute approximate surface area is 190 Å². The summed E-state index contributed by atoms with van der Waals surface area (Å²) >= 11 is 0. The first kappa shape index (κ1) is 24.2. The van der Waals surface area contributed by atoms with Crippen LogP contribution in [0.2, 0.25) is 0 Å². The molecule has 0 heterocycles. The molecule has 172 valence electrons. The van der Waals surface area contributed by atoms with E-state index in [1.165, 1.54) is 69.8 Å². The Morgan fingerprint density at radius 2 is 1.52 bits per heavy atom. The number of benzene rings is 1. The van der Waals surface area contributed by atoms with Gasteiger partial charge in [0.25, 0.3) is 0 Å². The summed E-state index contributed by atoms with van der Waals surface area (Å²) in [5, 5.41) is 0. The average Bonchev–Trinajstić information content (AvgIpc) is 2.79. The molecular formula is C29H44O2. The Hall–Kier alpha value is -1.44. The van der Waals surface area contributed by atoms with Crippen molar-refractivity contribution in [3.05, 3.63) is 35.4 Å². The van der Waals surface area contributed by atoms with Gasteiger partial charge < -0.3 is 0 Å². The Morgan fingerprint density at radius 3 is 2.16 bits per heavy atom. The zero-order chi connectivity index (χ0) is 22.1. The third-order valence-corrected chi connectivity index (χ3v) is 8.10. The molecule has 2 aliphatic rings. The molecule has 2 unspecified atom stereocenters. The van der Waals surface area contributed by atoms with Crippen LogP contribution in [-0.2, 0) is 16.0 Å². The van der Waals surface area contributed by atoms with Gasteiger partial charge in [-0.1, -0.05) is 83.1 Å². The zero-order valence-corrected chi connectivity index (χ0v) is 20.0. The summed E-state index contributed by atoms with van der Waals surface area (Å²) in [6, 6.07) is 8.76. The molecule has 2 atom stereocenters. The van der Waals surface area contributed by atoms with Crippen LogP contribution < -0.4 is 0 Å². The third-order valence-electron chi connectivity index (χ3n) is 8.10. The van der Waals surface area contributed by atoms with E-state index >= 15 is 0 Å². The van der Waals surface area contributed by atoms with E-state index in [1.807, 2.05) is 0 Å². The molecule has 2 saturated carbocycles. The first-order valence-electron chi connectivity index (χ1n) is 13.2. The highest BCUT2D eigenvalue weighted by molar-refractivity contribution is 6.03. The van der Waals surface area contributed by atoms with Crippen LogP contribution in [0.5, 0.6) is 0 Å². The number of carbonyl (C=O) groups is 2. The van der Waals surface area contributed by atoms with Gasteiger partial charge in [-0.25, -0.2) is 0 Å². The minimum Gasteiger partial charge on any atom is -0.299 e. The van der Waals surface area contributed by atoms with Gasteiger partial charge in [0.2, 0.25) is 0 Å². The molecule has 0 radical (unpaired) electrons. The normalized spacial score (nSPS) is 26.7. The lowest BCUT2D eigenvalue weighted by molar-refractivity contribution is -0.135. The molecule has 0 bridgehead atoms. The van der Waals surface area contributed by atoms with Gasteiger partial charge >= 0.3 is 0 Å². The Kier molecular flexibility index (Phi) is 9.81. The van der Waals surface area contributed by atoms with E-state index in [2.05, 4.69) is 38.1 Å². The van der Waals surface area contributed by atoms with E-state index in [0.29, 0.717) is 24.7 Å². The van der Waals surface area contributed by atoms with Crippen molar-refractivity contribution in [2.75, 3.05) is 0 Å².